The minimum absolute atomic E-state index is 0.862. The Bertz CT molecular complexity index is 950. The molecular weight excluding hydrogens is 336 g/mol. The van der Waals surface area contributed by atoms with Crippen molar-refractivity contribution in [1.29, 1.82) is 0 Å². The Morgan fingerprint density at radius 2 is 1.74 bits per heavy atom. The summed E-state index contributed by atoms with van der Waals surface area (Å²) in [6, 6.07) is 15.1. The molecule has 138 valence electrons. The number of piperazine rings is 1. The number of rotatable bonds is 3. The van der Waals surface area contributed by atoms with Gasteiger partial charge in [0.15, 0.2) is 0 Å². The van der Waals surface area contributed by atoms with Crippen molar-refractivity contribution >= 4 is 33.8 Å². The maximum absolute atomic E-state index is 4.65. The minimum atomic E-state index is 0.862. The highest BCUT2D eigenvalue weighted by atomic mass is 15.3. The quantitative estimate of drug-likeness (QED) is 0.774. The van der Waals surface area contributed by atoms with E-state index in [9.17, 15) is 0 Å². The van der Waals surface area contributed by atoms with Gasteiger partial charge in [0.05, 0.1) is 23.6 Å². The Morgan fingerprint density at radius 1 is 0.963 bits per heavy atom. The summed E-state index contributed by atoms with van der Waals surface area (Å²) in [6.07, 6.45) is 1.70. The molecule has 27 heavy (non-hydrogen) atoms. The van der Waals surface area contributed by atoms with Crippen LogP contribution in [0.15, 0.2) is 48.8 Å². The van der Waals surface area contributed by atoms with Gasteiger partial charge >= 0.3 is 0 Å². The molecular formula is C21H24N6. The van der Waals surface area contributed by atoms with E-state index in [4.69, 9.17) is 0 Å². The fraction of sp³-hybridized carbons (Fsp3) is 0.333. The first-order chi connectivity index (χ1) is 13.3. The molecule has 0 saturated carbocycles. The summed E-state index contributed by atoms with van der Waals surface area (Å²) in [6.45, 7) is 7.97. The van der Waals surface area contributed by atoms with E-state index in [-0.39, 0.29) is 0 Å². The normalized spacial score (nSPS) is 16.6. The summed E-state index contributed by atoms with van der Waals surface area (Å²) in [5.74, 6) is 1.05. The third-order valence-corrected chi connectivity index (χ3v) is 5.62. The molecule has 0 unspecified atom stereocenters. The molecule has 3 heterocycles. The van der Waals surface area contributed by atoms with Gasteiger partial charge in [0, 0.05) is 43.8 Å². The molecule has 6 nitrogen and oxygen atoms in total. The van der Waals surface area contributed by atoms with Gasteiger partial charge in [-0.1, -0.05) is 18.2 Å². The topological polar surface area (TPSA) is 47.5 Å². The molecule has 0 spiro atoms. The van der Waals surface area contributed by atoms with E-state index in [1.165, 1.54) is 17.1 Å². The van der Waals surface area contributed by atoms with Crippen molar-refractivity contribution in [1.82, 2.24) is 9.97 Å². The van der Waals surface area contributed by atoms with Crippen molar-refractivity contribution in [2.75, 3.05) is 59.4 Å². The van der Waals surface area contributed by atoms with E-state index >= 15 is 0 Å². The van der Waals surface area contributed by atoms with E-state index in [0.717, 1.165) is 56.1 Å². The Kier molecular flexibility index (Phi) is 3.96. The number of nitrogens with zero attached hydrogens (tertiary/aromatic N) is 5. The number of anilines is 4. The maximum Gasteiger partial charge on any atom is 0.140 e. The lowest BCUT2D eigenvalue weighted by molar-refractivity contribution is 0.649. The molecule has 0 amide bonds. The van der Waals surface area contributed by atoms with Crippen LogP contribution in [0.25, 0.3) is 10.9 Å². The molecule has 1 fully saturated rings. The summed E-state index contributed by atoms with van der Waals surface area (Å²) in [5.41, 5.74) is 4.74. The van der Waals surface area contributed by atoms with Crippen molar-refractivity contribution < 1.29 is 0 Å². The lowest BCUT2D eigenvalue weighted by Crippen LogP contribution is -2.46. The Labute approximate surface area is 159 Å². The van der Waals surface area contributed by atoms with Crippen molar-refractivity contribution in [3.63, 3.8) is 0 Å². The van der Waals surface area contributed by atoms with Gasteiger partial charge in [0.1, 0.15) is 12.1 Å². The lowest BCUT2D eigenvalue weighted by Gasteiger charge is -2.37. The Hall–Kier alpha value is -3.02. The summed E-state index contributed by atoms with van der Waals surface area (Å²) in [7, 11) is 0. The SMILES string of the molecule is CCN1CNc2cc3c(N4CCN(c5ccccc5)CC4)ncnc3cc21. The lowest BCUT2D eigenvalue weighted by atomic mass is 10.1. The fourth-order valence-electron chi connectivity index (χ4n) is 4.10. The minimum Gasteiger partial charge on any atom is -0.368 e. The van der Waals surface area contributed by atoms with E-state index in [1.54, 1.807) is 6.33 Å². The highest BCUT2D eigenvalue weighted by Crippen LogP contribution is 2.37. The number of fused-ring (bicyclic) bond motifs is 2. The summed E-state index contributed by atoms with van der Waals surface area (Å²) in [4.78, 5) is 16.4. The molecule has 6 heteroatoms. The average Bonchev–Trinajstić information content (AvgIpc) is 3.14. The molecule has 1 aromatic heterocycles. The van der Waals surface area contributed by atoms with Gasteiger partial charge in [-0.15, -0.1) is 0 Å². The van der Waals surface area contributed by atoms with Crippen molar-refractivity contribution in [2.45, 2.75) is 6.92 Å². The van der Waals surface area contributed by atoms with Crippen LogP contribution in [0.2, 0.25) is 0 Å². The number of nitrogens with one attached hydrogen (secondary N) is 1. The number of hydrogen-bond acceptors (Lipinski definition) is 6. The molecule has 0 aliphatic carbocycles. The number of benzene rings is 2. The van der Waals surface area contributed by atoms with Crippen molar-refractivity contribution in [2.24, 2.45) is 0 Å². The van der Waals surface area contributed by atoms with Gasteiger partial charge in [0.25, 0.3) is 0 Å². The number of hydrogen-bond donors (Lipinski definition) is 1. The van der Waals surface area contributed by atoms with Gasteiger partial charge in [-0.05, 0) is 31.2 Å². The van der Waals surface area contributed by atoms with Crippen LogP contribution in [-0.4, -0.2) is 49.4 Å². The van der Waals surface area contributed by atoms with Crippen LogP contribution in [0.4, 0.5) is 22.9 Å². The number of aromatic nitrogens is 2. The molecule has 1 N–H and O–H groups in total. The van der Waals surface area contributed by atoms with Gasteiger partial charge in [-0.25, -0.2) is 9.97 Å². The first kappa shape index (κ1) is 16.2. The van der Waals surface area contributed by atoms with Crippen LogP contribution in [0.1, 0.15) is 6.92 Å². The molecule has 1 saturated heterocycles. The monoisotopic (exact) mass is 360 g/mol. The van der Waals surface area contributed by atoms with Crippen molar-refractivity contribution in [3.05, 3.63) is 48.8 Å². The predicted octanol–water partition coefficient (Wildman–Crippen LogP) is 3.17. The third-order valence-electron chi connectivity index (χ3n) is 5.62. The Morgan fingerprint density at radius 3 is 2.52 bits per heavy atom. The second-order valence-corrected chi connectivity index (χ2v) is 7.08. The first-order valence-corrected chi connectivity index (χ1v) is 9.66. The fourth-order valence-corrected chi connectivity index (χ4v) is 4.10. The largest absolute Gasteiger partial charge is 0.368 e. The summed E-state index contributed by atoms with van der Waals surface area (Å²) < 4.78 is 0. The van der Waals surface area contributed by atoms with Crippen LogP contribution in [0.3, 0.4) is 0 Å². The van der Waals surface area contributed by atoms with E-state index in [1.807, 2.05) is 0 Å². The summed E-state index contributed by atoms with van der Waals surface area (Å²) >= 11 is 0. The molecule has 2 aromatic carbocycles. The van der Waals surface area contributed by atoms with Crippen molar-refractivity contribution in [3.8, 4) is 0 Å². The smallest absolute Gasteiger partial charge is 0.140 e. The van der Waals surface area contributed by atoms with Gasteiger partial charge in [0.2, 0.25) is 0 Å². The summed E-state index contributed by atoms with van der Waals surface area (Å²) in [5, 5.41) is 4.63. The second kappa shape index (κ2) is 6.61. The molecule has 5 rings (SSSR count). The zero-order valence-electron chi connectivity index (χ0n) is 15.6. The number of para-hydroxylation sites is 1. The van der Waals surface area contributed by atoms with Crippen LogP contribution >= 0.6 is 0 Å². The molecule has 0 bridgehead atoms. The standard InChI is InChI=1S/C21H24N6/c1-2-25-15-24-19-12-17-18(13-20(19)25)22-14-23-21(17)27-10-8-26(9-11-27)16-6-4-3-5-7-16/h3-7,12-14,24H,2,8-11,15H2,1H3. The van der Waals surface area contributed by atoms with E-state index < -0.39 is 0 Å². The van der Waals surface area contributed by atoms with E-state index in [0.29, 0.717) is 0 Å². The third kappa shape index (κ3) is 2.81. The Balaban J connectivity index is 1.43. The van der Waals surface area contributed by atoms with Gasteiger partial charge < -0.3 is 20.0 Å². The molecule has 0 radical (unpaired) electrons. The molecule has 2 aliphatic heterocycles. The zero-order chi connectivity index (χ0) is 18.2. The zero-order valence-corrected chi connectivity index (χ0v) is 15.6. The predicted molar refractivity (Wildman–Crippen MR) is 112 cm³/mol. The average molecular weight is 360 g/mol. The van der Waals surface area contributed by atoms with Crippen LogP contribution in [-0.2, 0) is 0 Å². The van der Waals surface area contributed by atoms with Gasteiger partial charge in [-0.3, -0.25) is 0 Å². The van der Waals surface area contributed by atoms with Gasteiger partial charge in [-0.2, -0.15) is 0 Å². The van der Waals surface area contributed by atoms with Crippen LogP contribution in [0.5, 0.6) is 0 Å². The highest BCUT2D eigenvalue weighted by Gasteiger charge is 2.23. The van der Waals surface area contributed by atoms with E-state index in [2.05, 4.69) is 79.4 Å². The van der Waals surface area contributed by atoms with Crippen LogP contribution < -0.4 is 20.0 Å². The second-order valence-electron chi connectivity index (χ2n) is 7.08. The molecule has 0 atom stereocenters. The molecule has 2 aliphatic rings. The van der Waals surface area contributed by atoms with Crippen LogP contribution in [0, 0.1) is 0 Å². The first-order valence-electron chi connectivity index (χ1n) is 9.66. The maximum atomic E-state index is 4.65. The highest BCUT2D eigenvalue weighted by molar-refractivity contribution is 5.97. The molecule has 3 aromatic rings.